The van der Waals surface area contributed by atoms with Crippen molar-refractivity contribution in [3.63, 3.8) is 0 Å². The Balaban J connectivity index is 1.78. The molecule has 3 rings (SSSR count). The molecule has 7 nitrogen and oxygen atoms in total. The van der Waals surface area contributed by atoms with Gasteiger partial charge in [-0.1, -0.05) is 46.4 Å². The van der Waals surface area contributed by atoms with Crippen LogP contribution in [0.15, 0.2) is 58.9 Å². The van der Waals surface area contributed by atoms with E-state index in [0.717, 1.165) is 37.9 Å². The number of amides is 1. The Morgan fingerprint density at radius 1 is 1.16 bits per heavy atom. The maximum Gasteiger partial charge on any atom is 0.264 e. The predicted octanol–water partition coefficient (Wildman–Crippen LogP) is 6.21. The van der Waals surface area contributed by atoms with Gasteiger partial charge in [0.15, 0.2) is 0 Å². The van der Waals surface area contributed by atoms with Crippen LogP contribution >= 0.6 is 0 Å². The molecule has 8 heteroatoms. The van der Waals surface area contributed by atoms with E-state index in [1.165, 1.54) is 6.07 Å². The van der Waals surface area contributed by atoms with Crippen LogP contribution in [0.1, 0.15) is 76.2 Å². The van der Waals surface area contributed by atoms with Gasteiger partial charge in [-0.15, -0.1) is 0 Å². The highest BCUT2D eigenvalue weighted by atomic mass is 32.2. The minimum Gasteiger partial charge on any atom is -0.387 e. The molecule has 0 aliphatic carbocycles. The first kappa shape index (κ1) is 28.4. The van der Waals surface area contributed by atoms with E-state index in [1.807, 2.05) is 11.8 Å². The number of carbonyl (C=O) groups is 1. The number of allylic oxidation sites excluding steroid dienone is 1. The van der Waals surface area contributed by atoms with E-state index in [2.05, 4.69) is 37.1 Å². The lowest BCUT2D eigenvalue weighted by Gasteiger charge is -2.40. The first-order chi connectivity index (χ1) is 17.3. The SMILES string of the molecule is C=C(CC)c1cccc(S(=O)(=O)Nc2ccc(C(=O)N3CCC(C)(CC(C)C)CC3)cc2)c1N=C(C)N. The quantitative estimate of drug-likeness (QED) is 0.301. The van der Waals surface area contributed by atoms with Gasteiger partial charge in [-0.2, -0.15) is 0 Å². The van der Waals surface area contributed by atoms with Gasteiger partial charge >= 0.3 is 0 Å². The smallest absolute Gasteiger partial charge is 0.264 e. The lowest BCUT2D eigenvalue weighted by Crippen LogP contribution is -2.42. The topological polar surface area (TPSA) is 105 Å². The van der Waals surface area contributed by atoms with Crippen LogP contribution in [0.2, 0.25) is 0 Å². The summed E-state index contributed by atoms with van der Waals surface area (Å²) in [5.41, 5.74) is 8.66. The third-order valence-electron chi connectivity index (χ3n) is 6.93. The minimum absolute atomic E-state index is 0.0160. The number of sulfonamides is 1. The molecule has 2 aromatic carbocycles. The fraction of sp³-hybridized carbons (Fsp3) is 0.448. The van der Waals surface area contributed by atoms with E-state index in [0.29, 0.717) is 29.2 Å². The highest BCUT2D eigenvalue weighted by Crippen LogP contribution is 2.38. The van der Waals surface area contributed by atoms with Gasteiger partial charge in [-0.25, -0.2) is 13.4 Å². The first-order valence-corrected chi connectivity index (χ1v) is 14.4. The lowest BCUT2D eigenvalue weighted by atomic mass is 9.74. The molecule has 0 aromatic heterocycles. The van der Waals surface area contributed by atoms with Gasteiger partial charge in [0.2, 0.25) is 0 Å². The molecule has 1 aliphatic heterocycles. The van der Waals surface area contributed by atoms with Crippen molar-refractivity contribution < 1.29 is 13.2 Å². The van der Waals surface area contributed by atoms with E-state index in [4.69, 9.17) is 5.73 Å². The van der Waals surface area contributed by atoms with E-state index < -0.39 is 10.0 Å². The first-order valence-electron chi connectivity index (χ1n) is 12.9. The molecule has 1 amide bonds. The fourth-order valence-electron chi connectivity index (χ4n) is 5.02. The van der Waals surface area contributed by atoms with Crippen LogP contribution in [-0.2, 0) is 10.0 Å². The van der Waals surface area contributed by atoms with Crippen LogP contribution in [0.3, 0.4) is 0 Å². The third-order valence-corrected chi connectivity index (χ3v) is 8.34. The van der Waals surface area contributed by atoms with Gasteiger partial charge in [0.25, 0.3) is 15.9 Å². The molecule has 0 spiro atoms. The largest absolute Gasteiger partial charge is 0.387 e. The Bertz CT molecular complexity index is 1270. The molecule has 1 saturated heterocycles. The average molecular weight is 525 g/mol. The van der Waals surface area contributed by atoms with Crippen LogP contribution in [0, 0.1) is 11.3 Å². The standard InChI is InChI=1S/C29H40N4O3S/c1-7-21(4)25-9-8-10-26(27(25)31-22(5)30)37(35,36)32-24-13-11-23(12-14-24)28(34)33-17-15-29(6,16-18-33)19-20(2)3/h8-14,20,32H,4,7,15-19H2,1-3,5-6H3,(H2,30,31). The van der Waals surface area contributed by atoms with Crippen molar-refractivity contribution >= 4 is 38.7 Å². The Labute approximate surface area is 221 Å². The number of para-hydroxylation sites is 1. The summed E-state index contributed by atoms with van der Waals surface area (Å²) in [6.45, 7) is 15.9. The van der Waals surface area contributed by atoms with Gasteiger partial charge in [0, 0.05) is 29.9 Å². The third kappa shape index (κ3) is 7.01. The van der Waals surface area contributed by atoms with E-state index >= 15 is 0 Å². The summed E-state index contributed by atoms with van der Waals surface area (Å²) in [7, 11) is -3.98. The van der Waals surface area contributed by atoms with Crippen molar-refractivity contribution in [2.75, 3.05) is 17.8 Å². The number of hydrogen-bond acceptors (Lipinski definition) is 4. The summed E-state index contributed by atoms with van der Waals surface area (Å²) in [4.78, 5) is 19.3. The molecule has 2 aromatic rings. The number of hydrogen-bond donors (Lipinski definition) is 2. The zero-order valence-corrected chi connectivity index (χ0v) is 23.5. The molecule has 0 radical (unpaired) electrons. The van der Waals surface area contributed by atoms with Gasteiger partial charge in [0.05, 0.1) is 11.5 Å². The number of nitrogens with two attached hydrogens (primary N) is 1. The Kier molecular flexibility index (Phi) is 8.84. The van der Waals surface area contributed by atoms with E-state index in [9.17, 15) is 13.2 Å². The zero-order valence-electron chi connectivity index (χ0n) is 22.7. The maximum atomic E-state index is 13.3. The number of likely N-dealkylation sites (tertiary alicyclic amines) is 1. The van der Waals surface area contributed by atoms with Gasteiger partial charge in [-0.05, 0) is 79.8 Å². The average Bonchev–Trinajstić information content (AvgIpc) is 2.83. The summed E-state index contributed by atoms with van der Waals surface area (Å²) in [6.07, 6.45) is 3.79. The molecule has 1 fully saturated rings. The fourth-order valence-corrected chi connectivity index (χ4v) is 6.24. The van der Waals surface area contributed by atoms with E-state index in [-0.39, 0.29) is 27.7 Å². The molecule has 1 aliphatic rings. The summed E-state index contributed by atoms with van der Waals surface area (Å²) in [5, 5.41) is 0. The maximum absolute atomic E-state index is 13.3. The van der Waals surface area contributed by atoms with Crippen LogP contribution in [0.4, 0.5) is 11.4 Å². The van der Waals surface area contributed by atoms with E-state index in [1.54, 1.807) is 43.3 Å². The second-order valence-electron chi connectivity index (χ2n) is 10.7. The van der Waals surface area contributed by atoms with Crippen molar-refractivity contribution in [3.05, 3.63) is 60.2 Å². The van der Waals surface area contributed by atoms with Gasteiger partial charge < -0.3 is 10.6 Å². The van der Waals surface area contributed by atoms with Gasteiger partial charge in [-0.3, -0.25) is 9.52 Å². The number of benzene rings is 2. The normalized spacial score (nSPS) is 16.1. The number of anilines is 1. The molecule has 200 valence electrons. The van der Waals surface area contributed by atoms with Gasteiger partial charge in [0.1, 0.15) is 4.90 Å². The molecular weight excluding hydrogens is 484 g/mol. The van der Waals surface area contributed by atoms with Crippen LogP contribution in [-0.4, -0.2) is 38.2 Å². The van der Waals surface area contributed by atoms with Crippen LogP contribution in [0.5, 0.6) is 0 Å². The Hall–Kier alpha value is -3.13. The van der Waals surface area contributed by atoms with Crippen molar-refractivity contribution in [3.8, 4) is 0 Å². The lowest BCUT2D eigenvalue weighted by molar-refractivity contribution is 0.0570. The minimum atomic E-state index is -3.98. The summed E-state index contributed by atoms with van der Waals surface area (Å²) in [6, 6.07) is 11.5. The number of carbonyl (C=O) groups excluding carboxylic acids is 1. The number of piperidine rings is 1. The Morgan fingerprint density at radius 2 is 1.78 bits per heavy atom. The summed E-state index contributed by atoms with van der Waals surface area (Å²) < 4.78 is 29.3. The van der Waals surface area contributed by atoms with Crippen molar-refractivity contribution in [2.45, 2.75) is 65.2 Å². The molecule has 0 saturated carbocycles. The zero-order chi connectivity index (χ0) is 27.4. The molecule has 0 atom stereocenters. The number of nitrogens with one attached hydrogen (secondary N) is 1. The summed E-state index contributed by atoms with van der Waals surface area (Å²) in [5.74, 6) is 0.860. The number of rotatable bonds is 9. The molecular formula is C29H40N4O3S. The number of aliphatic imine (C=N–C) groups is 1. The van der Waals surface area contributed by atoms with Crippen molar-refractivity contribution in [2.24, 2.45) is 22.1 Å². The highest BCUT2D eigenvalue weighted by molar-refractivity contribution is 7.92. The van der Waals surface area contributed by atoms with Crippen LogP contribution < -0.4 is 10.5 Å². The Morgan fingerprint density at radius 3 is 2.32 bits per heavy atom. The molecule has 0 unspecified atom stereocenters. The second kappa shape index (κ2) is 11.5. The van der Waals surface area contributed by atoms with Crippen molar-refractivity contribution in [1.82, 2.24) is 4.90 Å². The predicted molar refractivity (Wildman–Crippen MR) is 153 cm³/mol. The molecule has 37 heavy (non-hydrogen) atoms. The second-order valence-corrected chi connectivity index (χ2v) is 12.4. The molecule has 1 heterocycles. The number of nitrogens with zero attached hydrogens (tertiary/aromatic N) is 2. The molecule has 0 bridgehead atoms. The van der Waals surface area contributed by atoms with Crippen LogP contribution in [0.25, 0.3) is 5.57 Å². The number of amidine groups is 1. The monoisotopic (exact) mass is 524 g/mol. The van der Waals surface area contributed by atoms with Crippen molar-refractivity contribution in [1.29, 1.82) is 0 Å². The summed E-state index contributed by atoms with van der Waals surface area (Å²) >= 11 is 0. The highest BCUT2D eigenvalue weighted by Gasteiger charge is 2.32. The molecule has 3 N–H and O–H groups in total.